The number of carbonyl (C=O) groups is 1. The molecule has 5 heteroatoms. The van der Waals surface area contributed by atoms with E-state index in [1.54, 1.807) is 25.3 Å². The van der Waals surface area contributed by atoms with Crippen molar-refractivity contribution in [3.05, 3.63) is 29.3 Å². The standard InChI is InChI=1S/C14H19N3O2/c1-3-6-17-14(18)10-16-9-12-7-11(8-15)4-5-13(12)19-2/h4-5,7,16H,3,6,9-10H2,1-2H3,(H,17,18). The van der Waals surface area contributed by atoms with Gasteiger partial charge in [0.25, 0.3) is 0 Å². The number of benzene rings is 1. The number of nitriles is 1. The van der Waals surface area contributed by atoms with E-state index in [2.05, 4.69) is 16.7 Å². The maximum Gasteiger partial charge on any atom is 0.233 e. The number of methoxy groups -OCH3 is 1. The molecule has 0 spiro atoms. The summed E-state index contributed by atoms with van der Waals surface area (Å²) in [6.45, 7) is 3.43. The number of ether oxygens (including phenoxy) is 1. The van der Waals surface area contributed by atoms with Crippen molar-refractivity contribution in [3.8, 4) is 11.8 Å². The molecule has 0 aliphatic heterocycles. The number of hydrogen-bond donors (Lipinski definition) is 2. The minimum absolute atomic E-state index is 0.0303. The molecular formula is C14H19N3O2. The molecule has 1 amide bonds. The Labute approximate surface area is 113 Å². The molecule has 0 unspecified atom stereocenters. The highest BCUT2D eigenvalue weighted by Crippen LogP contribution is 2.19. The first-order valence-electron chi connectivity index (χ1n) is 6.25. The van der Waals surface area contributed by atoms with Crippen LogP contribution in [0.3, 0.4) is 0 Å². The van der Waals surface area contributed by atoms with E-state index in [1.165, 1.54) is 0 Å². The summed E-state index contributed by atoms with van der Waals surface area (Å²) >= 11 is 0. The SMILES string of the molecule is CCCNC(=O)CNCc1cc(C#N)ccc1OC. The van der Waals surface area contributed by atoms with Crippen LogP contribution in [-0.4, -0.2) is 26.1 Å². The molecule has 0 aliphatic rings. The molecule has 0 saturated carbocycles. The van der Waals surface area contributed by atoms with Gasteiger partial charge in [0.05, 0.1) is 25.3 Å². The van der Waals surface area contributed by atoms with Crippen LogP contribution in [0.25, 0.3) is 0 Å². The first-order chi connectivity index (χ1) is 9.21. The third-order valence-corrected chi connectivity index (χ3v) is 2.58. The number of nitrogens with zero attached hydrogens (tertiary/aromatic N) is 1. The zero-order valence-corrected chi connectivity index (χ0v) is 11.3. The molecule has 0 saturated heterocycles. The Bertz CT molecular complexity index is 466. The predicted octanol–water partition coefficient (Wildman–Crippen LogP) is 1.18. The van der Waals surface area contributed by atoms with Crippen LogP contribution in [0.15, 0.2) is 18.2 Å². The molecule has 19 heavy (non-hydrogen) atoms. The quantitative estimate of drug-likeness (QED) is 0.773. The molecule has 0 fully saturated rings. The Morgan fingerprint density at radius 1 is 1.47 bits per heavy atom. The molecule has 0 bridgehead atoms. The lowest BCUT2D eigenvalue weighted by Gasteiger charge is -2.10. The summed E-state index contributed by atoms with van der Waals surface area (Å²) in [4.78, 5) is 11.4. The molecule has 0 radical (unpaired) electrons. The summed E-state index contributed by atoms with van der Waals surface area (Å²) in [5.41, 5.74) is 1.44. The maximum absolute atomic E-state index is 11.4. The van der Waals surface area contributed by atoms with E-state index in [-0.39, 0.29) is 12.5 Å². The van der Waals surface area contributed by atoms with Gasteiger partial charge in [0.15, 0.2) is 0 Å². The third-order valence-electron chi connectivity index (χ3n) is 2.58. The lowest BCUT2D eigenvalue weighted by Crippen LogP contribution is -2.34. The van der Waals surface area contributed by atoms with Crippen LogP contribution >= 0.6 is 0 Å². The molecule has 0 heterocycles. The smallest absolute Gasteiger partial charge is 0.233 e. The van der Waals surface area contributed by atoms with Crippen molar-refractivity contribution in [3.63, 3.8) is 0 Å². The maximum atomic E-state index is 11.4. The van der Waals surface area contributed by atoms with Crippen molar-refractivity contribution in [2.75, 3.05) is 20.2 Å². The molecule has 2 N–H and O–H groups in total. The van der Waals surface area contributed by atoms with Crippen LogP contribution in [0.5, 0.6) is 5.75 Å². The van der Waals surface area contributed by atoms with Crippen molar-refractivity contribution in [1.29, 1.82) is 5.26 Å². The van der Waals surface area contributed by atoms with Gasteiger partial charge in [-0.05, 0) is 24.6 Å². The normalized spacial score (nSPS) is 9.74. The van der Waals surface area contributed by atoms with Gasteiger partial charge in [-0.25, -0.2) is 0 Å². The number of nitrogens with one attached hydrogen (secondary N) is 2. The second-order valence-electron chi connectivity index (χ2n) is 4.09. The predicted molar refractivity (Wildman–Crippen MR) is 72.7 cm³/mol. The fourth-order valence-corrected chi connectivity index (χ4v) is 1.62. The second kappa shape index (κ2) is 8.11. The molecular weight excluding hydrogens is 242 g/mol. The van der Waals surface area contributed by atoms with Crippen LogP contribution in [-0.2, 0) is 11.3 Å². The highest BCUT2D eigenvalue weighted by molar-refractivity contribution is 5.77. The number of hydrogen-bond acceptors (Lipinski definition) is 4. The minimum Gasteiger partial charge on any atom is -0.496 e. The molecule has 1 aromatic rings. The van der Waals surface area contributed by atoms with Crippen molar-refractivity contribution in [2.45, 2.75) is 19.9 Å². The van der Waals surface area contributed by atoms with Gasteiger partial charge in [0.1, 0.15) is 5.75 Å². The molecule has 1 aromatic carbocycles. The van der Waals surface area contributed by atoms with Gasteiger partial charge in [-0.15, -0.1) is 0 Å². The lowest BCUT2D eigenvalue weighted by molar-refractivity contribution is -0.120. The first kappa shape index (κ1) is 15.0. The molecule has 5 nitrogen and oxygen atoms in total. The zero-order valence-electron chi connectivity index (χ0n) is 11.3. The van der Waals surface area contributed by atoms with E-state index in [4.69, 9.17) is 10.00 Å². The topological polar surface area (TPSA) is 74.2 Å². The summed E-state index contributed by atoms with van der Waals surface area (Å²) < 4.78 is 5.22. The monoisotopic (exact) mass is 261 g/mol. The average molecular weight is 261 g/mol. The van der Waals surface area contributed by atoms with E-state index in [9.17, 15) is 4.79 Å². The van der Waals surface area contributed by atoms with Gasteiger partial charge in [0.2, 0.25) is 5.91 Å². The van der Waals surface area contributed by atoms with Crippen molar-refractivity contribution < 1.29 is 9.53 Å². The largest absolute Gasteiger partial charge is 0.496 e. The Balaban J connectivity index is 2.52. The van der Waals surface area contributed by atoms with Gasteiger partial charge in [-0.2, -0.15) is 5.26 Å². The minimum atomic E-state index is -0.0303. The molecule has 0 atom stereocenters. The van der Waals surface area contributed by atoms with Gasteiger partial charge >= 0.3 is 0 Å². The third kappa shape index (κ3) is 4.98. The van der Waals surface area contributed by atoms with E-state index >= 15 is 0 Å². The van der Waals surface area contributed by atoms with E-state index < -0.39 is 0 Å². The van der Waals surface area contributed by atoms with Gasteiger partial charge in [-0.3, -0.25) is 4.79 Å². The van der Waals surface area contributed by atoms with Crippen molar-refractivity contribution in [2.24, 2.45) is 0 Å². The highest BCUT2D eigenvalue weighted by Gasteiger charge is 2.05. The molecule has 1 rings (SSSR count). The van der Waals surface area contributed by atoms with Crippen LogP contribution in [0.4, 0.5) is 0 Å². The van der Waals surface area contributed by atoms with E-state index in [0.717, 1.165) is 12.0 Å². The summed E-state index contributed by atoms with van der Waals surface area (Å²) in [5, 5.41) is 14.7. The van der Waals surface area contributed by atoms with Gasteiger partial charge < -0.3 is 15.4 Å². The molecule has 0 aromatic heterocycles. The second-order valence-corrected chi connectivity index (χ2v) is 4.09. The summed E-state index contributed by atoms with van der Waals surface area (Å²) in [5.74, 6) is 0.678. The fraction of sp³-hybridized carbons (Fsp3) is 0.429. The number of amides is 1. The lowest BCUT2D eigenvalue weighted by atomic mass is 10.1. The highest BCUT2D eigenvalue weighted by atomic mass is 16.5. The Kier molecular flexibility index (Phi) is 6.41. The van der Waals surface area contributed by atoms with Crippen molar-refractivity contribution >= 4 is 5.91 Å². The Morgan fingerprint density at radius 2 is 2.26 bits per heavy atom. The average Bonchev–Trinajstić information content (AvgIpc) is 2.44. The van der Waals surface area contributed by atoms with Gasteiger partial charge in [-0.1, -0.05) is 6.92 Å². The van der Waals surface area contributed by atoms with Gasteiger partial charge in [0, 0.05) is 18.7 Å². The van der Waals surface area contributed by atoms with Crippen molar-refractivity contribution in [1.82, 2.24) is 10.6 Å². The van der Waals surface area contributed by atoms with Crippen LogP contribution < -0.4 is 15.4 Å². The Hall–Kier alpha value is -2.06. The number of rotatable bonds is 7. The van der Waals surface area contributed by atoms with E-state index in [0.29, 0.717) is 24.4 Å². The summed E-state index contributed by atoms with van der Waals surface area (Å²) in [6.07, 6.45) is 0.920. The van der Waals surface area contributed by atoms with Crippen LogP contribution in [0.2, 0.25) is 0 Å². The fourth-order valence-electron chi connectivity index (χ4n) is 1.62. The number of carbonyl (C=O) groups excluding carboxylic acids is 1. The zero-order chi connectivity index (χ0) is 14.1. The van der Waals surface area contributed by atoms with E-state index in [1.807, 2.05) is 6.92 Å². The van der Waals surface area contributed by atoms with Crippen LogP contribution in [0, 0.1) is 11.3 Å². The van der Waals surface area contributed by atoms with Crippen LogP contribution in [0.1, 0.15) is 24.5 Å². The summed E-state index contributed by atoms with van der Waals surface area (Å²) in [7, 11) is 1.58. The first-order valence-corrected chi connectivity index (χ1v) is 6.25. The molecule has 0 aliphatic carbocycles. The Morgan fingerprint density at radius 3 is 2.89 bits per heavy atom. The molecule has 102 valence electrons. The summed E-state index contributed by atoms with van der Waals surface area (Å²) in [6, 6.07) is 7.30.